The standard InChI is InChI=1S/C22H21F3N4O3/c1-13-6-5-7-17(20(29-31-4)21(30)27-3)18(13)12-32-28-14(2)15-8-9-16(11-26)19(10-15)22(23,24)25/h5-10H,12H2,1-4H3,(H,27,30)/b28-14+,29-20+. The highest BCUT2D eigenvalue weighted by Gasteiger charge is 2.34. The molecule has 0 saturated heterocycles. The van der Waals surface area contributed by atoms with Gasteiger partial charge in [-0.3, -0.25) is 4.79 Å². The number of alkyl halides is 3. The van der Waals surface area contributed by atoms with E-state index in [4.69, 9.17) is 14.9 Å². The molecule has 0 aromatic heterocycles. The number of hydrogen-bond acceptors (Lipinski definition) is 6. The van der Waals surface area contributed by atoms with E-state index in [0.717, 1.165) is 17.7 Å². The molecule has 2 aromatic rings. The van der Waals surface area contributed by atoms with Crippen molar-refractivity contribution in [3.8, 4) is 6.07 Å². The molecule has 0 bridgehead atoms. The molecule has 1 amide bonds. The number of hydrogen-bond donors (Lipinski definition) is 1. The highest BCUT2D eigenvalue weighted by atomic mass is 19.4. The van der Waals surface area contributed by atoms with Gasteiger partial charge in [-0.15, -0.1) is 0 Å². The van der Waals surface area contributed by atoms with Gasteiger partial charge in [0.25, 0.3) is 5.91 Å². The van der Waals surface area contributed by atoms with Crippen molar-refractivity contribution in [2.75, 3.05) is 14.2 Å². The maximum absolute atomic E-state index is 13.2. The number of carbonyl (C=O) groups is 1. The van der Waals surface area contributed by atoms with Crippen molar-refractivity contribution in [2.45, 2.75) is 26.6 Å². The number of rotatable bonds is 7. The Balaban J connectivity index is 2.34. The van der Waals surface area contributed by atoms with Crippen LogP contribution in [0, 0.1) is 18.3 Å². The zero-order valence-electron chi connectivity index (χ0n) is 17.9. The number of nitrogens with zero attached hydrogens (tertiary/aromatic N) is 3. The van der Waals surface area contributed by atoms with Crippen LogP contribution >= 0.6 is 0 Å². The Kier molecular flexibility index (Phi) is 7.96. The fourth-order valence-electron chi connectivity index (χ4n) is 2.89. The number of aryl methyl sites for hydroxylation is 1. The molecule has 0 atom stereocenters. The summed E-state index contributed by atoms with van der Waals surface area (Å²) in [6, 6.07) is 10.1. The molecule has 1 N–H and O–H groups in total. The molecule has 0 heterocycles. The molecular formula is C22H21F3N4O3. The Hall–Kier alpha value is -3.87. The number of amides is 1. The maximum Gasteiger partial charge on any atom is 0.417 e. The van der Waals surface area contributed by atoms with Gasteiger partial charge in [-0.1, -0.05) is 34.6 Å². The summed E-state index contributed by atoms with van der Waals surface area (Å²) in [4.78, 5) is 22.4. The monoisotopic (exact) mass is 446 g/mol. The summed E-state index contributed by atoms with van der Waals surface area (Å²) in [5.41, 5.74) is 0.746. The van der Waals surface area contributed by atoms with E-state index in [1.165, 1.54) is 33.2 Å². The molecule has 32 heavy (non-hydrogen) atoms. The molecule has 10 heteroatoms. The second-order valence-corrected chi connectivity index (χ2v) is 6.62. The van der Waals surface area contributed by atoms with Crippen LogP contribution in [0.2, 0.25) is 0 Å². The molecule has 2 rings (SSSR count). The van der Waals surface area contributed by atoms with Crippen molar-refractivity contribution in [3.63, 3.8) is 0 Å². The molecule has 0 saturated carbocycles. The normalized spacial score (nSPS) is 12.2. The molecule has 0 aliphatic carbocycles. The van der Waals surface area contributed by atoms with Gasteiger partial charge in [0, 0.05) is 18.2 Å². The average Bonchev–Trinajstić information content (AvgIpc) is 2.76. The largest absolute Gasteiger partial charge is 0.417 e. The quantitative estimate of drug-likeness (QED) is 0.515. The van der Waals surface area contributed by atoms with Crippen LogP contribution in [-0.2, 0) is 27.3 Å². The van der Waals surface area contributed by atoms with Gasteiger partial charge >= 0.3 is 6.18 Å². The van der Waals surface area contributed by atoms with Crippen LogP contribution in [0.1, 0.15) is 40.3 Å². The first kappa shape index (κ1) is 24.4. The lowest BCUT2D eigenvalue weighted by atomic mass is 9.98. The Labute approximate surface area is 183 Å². The highest BCUT2D eigenvalue weighted by Crippen LogP contribution is 2.32. The zero-order valence-corrected chi connectivity index (χ0v) is 17.9. The van der Waals surface area contributed by atoms with Crippen LogP contribution in [0.4, 0.5) is 13.2 Å². The van der Waals surface area contributed by atoms with Crippen molar-refractivity contribution < 1.29 is 27.6 Å². The summed E-state index contributed by atoms with van der Waals surface area (Å²) in [7, 11) is 2.77. The fourth-order valence-corrected chi connectivity index (χ4v) is 2.89. The Bertz CT molecular complexity index is 1100. The van der Waals surface area contributed by atoms with Gasteiger partial charge in [-0.05, 0) is 37.1 Å². The minimum atomic E-state index is -4.67. The molecule has 0 spiro atoms. The van der Waals surface area contributed by atoms with Crippen molar-refractivity contribution in [3.05, 3.63) is 69.8 Å². The lowest BCUT2D eigenvalue weighted by Gasteiger charge is -2.13. The topological polar surface area (TPSA) is 96.1 Å². The lowest BCUT2D eigenvalue weighted by Crippen LogP contribution is -2.29. The molecule has 168 valence electrons. The van der Waals surface area contributed by atoms with Gasteiger partial charge in [0.05, 0.1) is 22.9 Å². The Morgan fingerprint density at radius 3 is 2.53 bits per heavy atom. The molecule has 7 nitrogen and oxygen atoms in total. The Morgan fingerprint density at radius 2 is 1.94 bits per heavy atom. The number of oxime groups is 2. The van der Waals surface area contributed by atoms with E-state index in [1.54, 1.807) is 12.1 Å². The summed E-state index contributed by atoms with van der Waals surface area (Å²) in [6.45, 7) is 3.23. The first-order chi connectivity index (χ1) is 15.1. The highest BCUT2D eigenvalue weighted by molar-refractivity contribution is 6.45. The maximum atomic E-state index is 13.2. The number of likely N-dealkylation sites (N-methyl/N-ethyl adjacent to an activating group) is 1. The second-order valence-electron chi connectivity index (χ2n) is 6.62. The predicted molar refractivity (Wildman–Crippen MR) is 112 cm³/mol. The molecule has 0 unspecified atom stereocenters. The summed E-state index contributed by atoms with van der Waals surface area (Å²) in [5.74, 6) is -0.462. The van der Waals surface area contributed by atoms with Crippen molar-refractivity contribution >= 4 is 17.3 Å². The Morgan fingerprint density at radius 1 is 1.22 bits per heavy atom. The van der Waals surface area contributed by atoms with Crippen LogP contribution in [-0.4, -0.2) is 31.5 Å². The fraction of sp³-hybridized carbons (Fsp3) is 0.273. The first-order valence-corrected chi connectivity index (χ1v) is 9.34. The third kappa shape index (κ3) is 5.63. The number of carbonyl (C=O) groups excluding carboxylic acids is 1. The van der Waals surface area contributed by atoms with Gasteiger partial charge in [-0.2, -0.15) is 18.4 Å². The number of benzene rings is 2. The SMILES string of the molecule is CNC(=O)/C(=N/OC)c1cccc(C)c1CO/N=C(\C)c1ccc(C#N)c(C(F)(F)F)c1. The van der Waals surface area contributed by atoms with Crippen LogP contribution in [0.5, 0.6) is 0 Å². The summed E-state index contributed by atoms with van der Waals surface area (Å²) >= 11 is 0. The van der Waals surface area contributed by atoms with Crippen molar-refractivity contribution in [2.24, 2.45) is 10.3 Å². The average molecular weight is 446 g/mol. The predicted octanol–water partition coefficient (Wildman–Crippen LogP) is 3.92. The van der Waals surface area contributed by atoms with Gasteiger partial charge in [0.1, 0.15) is 13.7 Å². The van der Waals surface area contributed by atoms with E-state index in [9.17, 15) is 18.0 Å². The molecule has 0 aliphatic rings. The van der Waals surface area contributed by atoms with Crippen LogP contribution in [0.3, 0.4) is 0 Å². The third-order valence-electron chi connectivity index (χ3n) is 4.56. The van der Waals surface area contributed by atoms with E-state index in [1.807, 2.05) is 13.0 Å². The minimum absolute atomic E-state index is 0.0416. The number of nitrogens with one attached hydrogen (secondary N) is 1. The first-order valence-electron chi connectivity index (χ1n) is 9.34. The van der Waals surface area contributed by atoms with Crippen LogP contribution in [0.15, 0.2) is 46.7 Å². The van der Waals surface area contributed by atoms with E-state index >= 15 is 0 Å². The molecule has 2 aromatic carbocycles. The number of nitriles is 1. The van der Waals surface area contributed by atoms with Gasteiger partial charge in [0.15, 0.2) is 5.71 Å². The lowest BCUT2D eigenvalue weighted by molar-refractivity contribution is -0.137. The van der Waals surface area contributed by atoms with E-state index in [0.29, 0.717) is 11.1 Å². The number of halogens is 3. The van der Waals surface area contributed by atoms with Gasteiger partial charge < -0.3 is 15.0 Å². The second kappa shape index (κ2) is 10.4. The third-order valence-corrected chi connectivity index (χ3v) is 4.56. The van der Waals surface area contributed by atoms with Gasteiger partial charge in [-0.25, -0.2) is 0 Å². The molecule has 0 fully saturated rings. The van der Waals surface area contributed by atoms with E-state index in [-0.39, 0.29) is 23.6 Å². The summed E-state index contributed by atoms with van der Waals surface area (Å²) in [6.07, 6.45) is -4.67. The van der Waals surface area contributed by atoms with Crippen molar-refractivity contribution in [1.29, 1.82) is 5.26 Å². The van der Waals surface area contributed by atoms with Crippen molar-refractivity contribution in [1.82, 2.24) is 5.32 Å². The molecular weight excluding hydrogens is 425 g/mol. The van der Waals surface area contributed by atoms with Crippen LogP contribution < -0.4 is 5.32 Å². The van der Waals surface area contributed by atoms with Crippen LogP contribution in [0.25, 0.3) is 0 Å². The minimum Gasteiger partial charge on any atom is -0.398 e. The smallest absolute Gasteiger partial charge is 0.398 e. The molecule has 0 aliphatic heterocycles. The summed E-state index contributed by atoms with van der Waals surface area (Å²) < 4.78 is 39.6. The van der Waals surface area contributed by atoms with E-state index < -0.39 is 23.2 Å². The van der Waals surface area contributed by atoms with E-state index in [2.05, 4.69) is 15.6 Å². The summed E-state index contributed by atoms with van der Waals surface area (Å²) in [5, 5.41) is 19.1. The molecule has 0 radical (unpaired) electrons. The van der Waals surface area contributed by atoms with Gasteiger partial charge in [0.2, 0.25) is 0 Å². The zero-order chi connectivity index (χ0) is 23.9.